The van der Waals surface area contributed by atoms with Crippen LogP contribution >= 0.6 is 0 Å². The number of nitrogens with two attached hydrogens (primary N) is 1. The first-order valence-electron chi connectivity index (χ1n) is 6.86. The number of carbonyl (C=O) groups excluding carboxylic acids is 1. The van der Waals surface area contributed by atoms with Gasteiger partial charge < -0.3 is 15.8 Å². The van der Waals surface area contributed by atoms with E-state index in [0.29, 0.717) is 0 Å². The highest BCUT2D eigenvalue weighted by Crippen LogP contribution is 2.20. The minimum absolute atomic E-state index is 0.0224. The Labute approximate surface area is 124 Å². The van der Waals surface area contributed by atoms with Gasteiger partial charge in [0.1, 0.15) is 0 Å². The van der Waals surface area contributed by atoms with Crippen molar-refractivity contribution < 1.29 is 9.53 Å². The van der Waals surface area contributed by atoms with Crippen LogP contribution in [0.15, 0.2) is 54.6 Å². The van der Waals surface area contributed by atoms with Crippen molar-refractivity contribution in [3.05, 3.63) is 65.7 Å². The van der Waals surface area contributed by atoms with E-state index < -0.39 is 6.10 Å². The van der Waals surface area contributed by atoms with Gasteiger partial charge in [0.2, 0.25) is 0 Å². The third kappa shape index (κ3) is 3.90. The van der Waals surface area contributed by atoms with E-state index in [1.807, 2.05) is 61.5 Å². The van der Waals surface area contributed by atoms with E-state index in [4.69, 9.17) is 10.5 Å². The van der Waals surface area contributed by atoms with Gasteiger partial charge in [-0.25, -0.2) is 0 Å². The van der Waals surface area contributed by atoms with E-state index >= 15 is 0 Å². The summed E-state index contributed by atoms with van der Waals surface area (Å²) in [6.45, 7) is 1.92. The summed E-state index contributed by atoms with van der Waals surface area (Å²) in [5.41, 5.74) is 8.38. The third-order valence-corrected chi connectivity index (χ3v) is 3.28. The Morgan fingerprint density at radius 3 is 2.19 bits per heavy atom. The number of amides is 1. The summed E-state index contributed by atoms with van der Waals surface area (Å²) in [5, 5.41) is 2.85. The minimum Gasteiger partial charge on any atom is -0.367 e. The standard InChI is InChI=1S/C17H20N2O2/c1-12(18)13-8-10-15(11-9-13)19-17(20)16(21-2)14-6-4-3-5-7-14/h3-12,16H,18H2,1-2H3,(H,19,20). The Bertz CT molecular complexity index is 579. The molecule has 0 aromatic heterocycles. The molecule has 0 spiro atoms. The second kappa shape index (κ2) is 7.02. The summed E-state index contributed by atoms with van der Waals surface area (Å²) in [7, 11) is 1.52. The zero-order chi connectivity index (χ0) is 15.2. The van der Waals surface area contributed by atoms with Crippen LogP contribution in [0.2, 0.25) is 0 Å². The highest BCUT2D eigenvalue weighted by atomic mass is 16.5. The Balaban J connectivity index is 2.09. The number of benzene rings is 2. The average Bonchev–Trinajstić information content (AvgIpc) is 2.49. The van der Waals surface area contributed by atoms with Gasteiger partial charge in [-0.2, -0.15) is 0 Å². The van der Waals surface area contributed by atoms with Gasteiger partial charge in [0, 0.05) is 18.8 Å². The molecule has 0 heterocycles. The van der Waals surface area contributed by atoms with Crippen molar-refractivity contribution in [2.75, 3.05) is 12.4 Å². The molecule has 0 radical (unpaired) electrons. The third-order valence-electron chi connectivity index (χ3n) is 3.28. The number of hydrogen-bond donors (Lipinski definition) is 2. The molecule has 0 bridgehead atoms. The molecule has 0 aliphatic heterocycles. The molecule has 4 heteroatoms. The molecule has 2 aromatic carbocycles. The van der Waals surface area contributed by atoms with Gasteiger partial charge in [-0.05, 0) is 30.2 Å². The van der Waals surface area contributed by atoms with Gasteiger partial charge in [0.25, 0.3) is 5.91 Å². The molecule has 0 aliphatic carbocycles. The lowest BCUT2D eigenvalue weighted by Gasteiger charge is -2.16. The van der Waals surface area contributed by atoms with Gasteiger partial charge in [-0.15, -0.1) is 0 Å². The molecule has 2 rings (SSSR count). The van der Waals surface area contributed by atoms with Gasteiger partial charge in [0.15, 0.2) is 6.10 Å². The molecule has 21 heavy (non-hydrogen) atoms. The average molecular weight is 284 g/mol. The number of nitrogens with one attached hydrogen (secondary N) is 1. The second-order valence-corrected chi connectivity index (χ2v) is 4.93. The van der Waals surface area contributed by atoms with Gasteiger partial charge in [-0.3, -0.25) is 4.79 Å². The SMILES string of the molecule is COC(C(=O)Nc1ccc(C(C)N)cc1)c1ccccc1. The van der Waals surface area contributed by atoms with Crippen LogP contribution in [0.25, 0.3) is 0 Å². The number of rotatable bonds is 5. The normalized spacial score (nSPS) is 13.5. The maximum atomic E-state index is 12.3. The highest BCUT2D eigenvalue weighted by molar-refractivity contribution is 5.94. The first-order valence-corrected chi connectivity index (χ1v) is 6.86. The van der Waals surface area contributed by atoms with Crippen LogP contribution in [0.5, 0.6) is 0 Å². The first-order chi connectivity index (χ1) is 10.1. The number of ether oxygens (including phenoxy) is 1. The van der Waals surface area contributed by atoms with Crippen molar-refractivity contribution in [1.82, 2.24) is 0 Å². The smallest absolute Gasteiger partial charge is 0.258 e. The van der Waals surface area contributed by atoms with Crippen LogP contribution in [0, 0.1) is 0 Å². The fraction of sp³-hybridized carbons (Fsp3) is 0.235. The van der Waals surface area contributed by atoms with Crippen molar-refractivity contribution in [1.29, 1.82) is 0 Å². The molecule has 3 N–H and O–H groups in total. The molecule has 0 aliphatic rings. The van der Waals surface area contributed by atoms with Crippen molar-refractivity contribution in [3.8, 4) is 0 Å². The van der Waals surface area contributed by atoms with Crippen LogP contribution in [0.1, 0.15) is 30.2 Å². The molecule has 0 fully saturated rings. The summed E-state index contributed by atoms with van der Waals surface area (Å²) >= 11 is 0. The van der Waals surface area contributed by atoms with Crippen LogP contribution in [0.4, 0.5) is 5.69 Å². The van der Waals surface area contributed by atoms with Crippen molar-refractivity contribution in [2.24, 2.45) is 5.73 Å². The van der Waals surface area contributed by atoms with Gasteiger partial charge in [0.05, 0.1) is 0 Å². The van der Waals surface area contributed by atoms with Crippen molar-refractivity contribution in [2.45, 2.75) is 19.1 Å². The number of anilines is 1. The number of carbonyl (C=O) groups is 1. The van der Waals surface area contributed by atoms with Crippen LogP contribution in [-0.4, -0.2) is 13.0 Å². The fourth-order valence-corrected chi connectivity index (χ4v) is 2.10. The monoisotopic (exact) mass is 284 g/mol. The minimum atomic E-state index is -0.626. The molecule has 2 unspecified atom stereocenters. The molecule has 2 atom stereocenters. The lowest BCUT2D eigenvalue weighted by molar-refractivity contribution is -0.126. The van der Waals surface area contributed by atoms with Crippen LogP contribution < -0.4 is 11.1 Å². The van der Waals surface area contributed by atoms with E-state index in [9.17, 15) is 4.79 Å². The first kappa shape index (κ1) is 15.2. The largest absolute Gasteiger partial charge is 0.367 e. The molecule has 0 saturated carbocycles. The van der Waals surface area contributed by atoms with E-state index in [-0.39, 0.29) is 11.9 Å². The lowest BCUT2D eigenvalue weighted by atomic mass is 10.1. The van der Waals surface area contributed by atoms with Crippen LogP contribution in [0.3, 0.4) is 0 Å². The Morgan fingerprint density at radius 1 is 1.05 bits per heavy atom. The quantitative estimate of drug-likeness (QED) is 0.887. The number of hydrogen-bond acceptors (Lipinski definition) is 3. The summed E-state index contributed by atoms with van der Waals surface area (Å²) in [4.78, 5) is 12.3. The maximum absolute atomic E-state index is 12.3. The van der Waals surface area contributed by atoms with Crippen LogP contribution in [-0.2, 0) is 9.53 Å². The second-order valence-electron chi connectivity index (χ2n) is 4.93. The van der Waals surface area contributed by atoms with Gasteiger partial charge in [-0.1, -0.05) is 42.5 Å². The predicted molar refractivity (Wildman–Crippen MR) is 83.9 cm³/mol. The summed E-state index contributed by atoms with van der Waals surface area (Å²) < 4.78 is 5.30. The molecular formula is C17H20N2O2. The molecule has 2 aromatic rings. The molecule has 110 valence electrons. The van der Waals surface area contributed by atoms with Gasteiger partial charge >= 0.3 is 0 Å². The lowest BCUT2D eigenvalue weighted by Crippen LogP contribution is -2.22. The Morgan fingerprint density at radius 2 is 1.67 bits per heavy atom. The fourth-order valence-electron chi connectivity index (χ4n) is 2.10. The van der Waals surface area contributed by atoms with E-state index in [0.717, 1.165) is 16.8 Å². The molecule has 0 saturated heterocycles. The summed E-state index contributed by atoms with van der Waals surface area (Å²) in [5.74, 6) is -0.197. The molecule has 4 nitrogen and oxygen atoms in total. The molecular weight excluding hydrogens is 264 g/mol. The van der Waals surface area contributed by atoms with Crippen molar-refractivity contribution >= 4 is 11.6 Å². The van der Waals surface area contributed by atoms with E-state index in [2.05, 4.69) is 5.32 Å². The maximum Gasteiger partial charge on any atom is 0.258 e. The summed E-state index contributed by atoms with van der Waals surface area (Å²) in [6, 6.07) is 16.9. The highest BCUT2D eigenvalue weighted by Gasteiger charge is 2.19. The summed E-state index contributed by atoms with van der Waals surface area (Å²) in [6.07, 6.45) is -0.626. The zero-order valence-corrected chi connectivity index (χ0v) is 12.2. The Hall–Kier alpha value is -2.17. The topological polar surface area (TPSA) is 64.3 Å². The van der Waals surface area contributed by atoms with E-state index in [1.165, 1.54) is 7.11 Å². The predicted octanol–water partition coefficient (Wildman–Crippen LogP) is 3.03. The number of methoxy groups -OCH3 is 1. The van der Waals surface area contributed by atoms with E-state index in [1.54, 1.807) is 0 Å². The zero-order valence-electron chi connectivity index (χ0n) is 12.2. The Kier molecular flexibility index (Phi) is 5.09. The van der Waals surface area contributed by atoms with Crippen molar-refractivity contribution in [3.63, 3.8) is 0 Å². The molecule has 1 amide bonds.